The van der Waals surface area contributed by atoms with E-state index in [1.54, 1.807) is 6.07 Å². The lowest BCUT2D eigenvalue weighted by atomic mass is 10.0. The van der Waals surface area contributed by atoms with Gasteiger partial charge in [0.15, 0.2) is 0 Å². The van der Waals surface area contributed by atoms with Gasteiger partial charge in [0.25, 0.3) is 0 Å². The summed E-state index contributed by atoms with van der Waals surface area (Å²) in [7, 11) is 1.92. The summed E-state index contributed by atoms with van der Waals surface area (Å²) < 4.78 is 79.9. The van der Waals surface area contributed by atoms with Crippen LogP contribution >= 0.6 is 0 Å². The smallest absolute Gasteiger partial charge is 0.343 e. The van der Waals surface area contributed by atoms with Crippen molar-refractivity contribution in [3.05, 3.63) is 71.3 Å². The second-order valence-corrected chi connectivity index (χ2v) is 9.22. The van der Waals surface area contributed by atoms with E-state index in [2.05, 4.69) is 27.2 Å². The maximum absolute atomic E-state index is 13.6. The molecule has 1 aliphatic rings. The lowest BCUT2D eigenvalue weighted by molar-refractivity contribution is -0.137. The van der Waals surface area contributed by atoms with Crippen molar-refractivity contribution >= 4 is 16.7 Å². The predicted octanol–water partition coefficient (Wildman–Crippen LogP) is 7.52. The highest BCUT2D eigenvalue weighted by Crippen LogP contribution is 2.37. The molecule has 4 rings (SSSR count). The molecular formula is C27H27F6N5. The molecule has 1 aromatic carbocycles. The highest BCUT2D eigenvalue weighted by atomic mass is 19.4. The summed E-state index contributed by atoms with van der Waals surface area (Å²) in [4.78, 5) is 15.3. The fraction of sp³-hybridized carbons (Fsp3) is 0.370. The van der Waals surface area contributed by atoms with Gasteiger partial charge in [-0.3, -0.25) is 9.88 Å². The van der Waals surface area contributed by atoms with E-state index >= 15 is 0 Å². The van der Waals surface area contributed by atoms with Crippen molar-refractivity contribution in [2.45, 2.75) is 51.5 Å². The van der Waals surface area contributed by atoms with Crippen LogP contribution in [0, 0.1) is 0 Å². The first-order valence-electron chi connectivity index (χ1n) is 12.2. The van der Waals surface area contributed by atoms with E-state index in [0.29, 0.717) is 34.8 Å². The average molecular weight is 536 g/mol. The van der Waals surface area contributed by atoms with Gasteiger partial charge < -0.3 is 5.32 Å². The van der Waals surface area contributed by atoms with Gasteiger partial charge in [-0.05, 0) is 63.2 Å². The van der Waals surface area contributed by atoms with Crippen LogP contribution in [0.3, 0.4) is 0 Å². The van der Waals surface area contributed by atoms with Gasteiger partial charge in [-0.1, -0.05) is 25.5 Å². The van der Waals surface area contributed by atoms with Crippen LogP contribution in [0.25, 0.3) is 22.2 Å². The number of allylic oxidation sites excluding steroid dienone is 4. The number of rotatable bonds is 8. The molecule has 0 saturated carbocycles. The van der Waals surface area contributed by atoms with E-state index in [-0.39, 0.29) is 24.1 Å². The van der Waals surface area contributed by atoms with Gasteiger partial charge in [-0.15, -0.1) is 0 Å². The number of hydrogen-bond acceptors (Lipinski definition) is 5. The second kappa shape index (κ2) is 11.1. The molecule has 0 saturated heterocycles. The number of alkyl halides is 6. The molecule has 0 bridgehead atoms. The summed E-state index contributed by atoms with van der Waals surface area (Å²) in [5, 5.41) is 3.66. The normalized spacial score (nSPS) is 14.6. The van der Waals surface area contributed by atoms with E-state index in [0.717, 1.165) is 31.5 Å². The van der Waals surface area contributed by atoms with E-state index in [1.807, 2.05) is 11.9 Å². The molecule has 0 aliphatic heterocycles. The molecule has 202 valence electrons. The van der Waals surface area contributed by atoms with Crippen molar-refractivity contribution in [2.24, 2.45) is 0 Å². The standard InChI is InChI=1S/C27H27F6N5/c1-3-4-14-38(2)16-23-36-22-15-17(24-21(27(31,32)33)6-5-13-34-24)7-12-20(22)25(37-23)35-19-10-8-18(9-11-19)26(28,29)30/h5-8,10,12-13,15H,3-4,9,11,14,16H2,1-2H3,(H,35,36,37). The van der Waals surface area contributed by atoms with Gasteiger partial charge in [-0.2, -0.15) is 26.3 Å². The first-order chi connectivity index (χ1) is 18.0. The topological polar surface area (TPSA) is 53.9 Å². The maximum Gasteiger partial charge on any atom is 0.418 e. The fourth-order valence-electron chi connectivity index (χ4n) is 4.23. The minimum atomic E-state index is -4.58. The number of nitrogens with zero attached hydrogens (tertiary/aromatic N) is 4. The van der Waals surface area contributed by atoms with Crippen LogP contribution in [0.5, 0.6) is 0 Å². The molecule has 0 fully saturated rings. The van der Waals surface area contributed by atoms with Crippen molar-refractivity contribution in [2.75, 3.05) is 18.9 Å². The number of unbranched alkanes of at least 4 members (excludes halogenated alkanes) is 1. The summed E-state index contributed by atoms with van der Waals surface area (Å²) in [6.07, 6.45) is -3.28. The van der Waals surface area contributed by atoms with Gasteiger partial charge in [0.05, 0.1) is 23.3 Å². The van der Waals surface area contributed by atoms with Gasteiger partial charge in [-0.25, -0.2) is 9.97 Å². The predicted molar refractivity (Wildman–Crippen MR) is 134 cm³/mol. The highest BCUT2D eigenvalue weighted by molar-refractivity contribution is 5.92. The average Bonchev–Trinajstić information content (AvgIpc) is 2.86. The third-order valence-corrected chi connectivity index (χ3v) is 6.23. The second-order valence-electron chi connectivity index (χ2n) is 9.22. The Balaban J connectivity index is 1.76. The lowest BCUT2D eigenvalue weighted by Gasteiger charge is -2.20. The van der Waals surface area contributed by atoms with Gasteiger partial charge >= 0.3 is 12.4 Å². The summed E-state index contributed by atoms with van der Waals surface area (Å²) in [6.45, 7) is 3.27. The number of fused-ring (bicyclic) bond motifs is 1. The van der Waals surface area contributed by atoms with Crippen LogP contribution in [-0.4, -0.2) is 39.6 Å². The number of benzene rings is 1. The maximum atomic E-state index is 13.6. The van der Waals surface area contributed by atoms with Gasteiger partial charge in [0, 0.05) is 28.4 Å². The molecule has 2 heterocycles. The Morgan fingerprint density at radius 3 is 2.42 bits per heavy atom. The molecule has 0 unspecified atom stereocenters. The Labute approximate surface area is 216 Å². The summed E-state index contributed by atoms with van der Waals surface area (Å²) >= 11 is 0. The number of anilines is 1. The largest absolute Gasteiger partial charge is 0.418 e. The number of nitrogens with one attached hydrogen (secondary N) is 1. The molecule has 0 radical (unpaired) electrons. The van der Waals surface area contributed by atoms with Gasteiger partial charge in [0.2, 0.25) is 0 Å². The van der Waals surface area contributed by atoms with Crippen molar-refractivity contribution in [3.8, 4) is 11.3 Å². The molecule has 1 aliphatic carbocycles. The van der Waals surface area contributed by atoms with Crippen molar-refractivity contribution in [1.82, 2.24) is 19.9 Å². The van der Waals surface area contributed by atoms with Crippen LogP contribution < -0.4 is 5.32 Å². The minimum Gasteiger partial charge on any atom is -0.343 e. The summed E-state index contributed by atoms with van der Waals surface area (Å²) in [6, 6.07) is 6.86. The number of pyridine rings is 1. The Bertz CT molecular complexity index is 1360. The number of hydrogen-bond donors (Lipinski definition) is 1. The minimum absolute atomic E-state index is 0.142. The summed E-state index contributed by atoms with van der Waals surface area (Å²) in [5.41, 5.74) is -0.469. The first-order valence-corrected chi connectivity index (χ1v) is 12.2. The van der Waals surface area contributed by atoms with Gasteiger partial charge in [0.1, 0.15) is 11.6 Å². The van der Waals surface area contributed by atoms with Crippen LogP contribution in [0.1, 0.15) is 44.0 Å². The number of halogens is 6. The Morgan fingerprint density at radius 2 is 1.76 bits per heavy atom. The lowest BCUT2D eigenvalue weighted by Crippen LogP contribution is -2.21. The van der Waals surface area contributed by atoms with Crippen LogP contribution in [0.2, 0.25) is 0 Å². The van der Waals surface area contributed by atoms with E-state index in [4.69, 9.17) is 0 Å². The SMILES string of the molecule is CCCCN(C)Cc1nc(NC2=CC=C(C(F)(F)F)CC2)c2ccc(-c3ncccc3C(F)(F)F)cc2n1. The molecular weight excluding hydrogens is 508 g/mol. The van der Waals surface area contributed by atoms with Crippen LogP contribution in [0.4, 0.5) is 32.2 Å². The third-order valence-electron chi connectivity index (χ3n) is 6.23. The first kappa shape index (κ1) is 27.6. The van der Waals surface area contributed by atoms with Crippen molar-refractivity contribution in [3.63, 3.8) is 0 Å². The van der Waals surface area contributed by atoms with E-state index < -0.39 is 23.5 Å². The quantitative estimate of drug-likeness (QED) is 0.303. The molecule has 1 N–H and O–H groups in total. The molecule has 2 aromatic heterocycles. The Hall–Kier alpha value is -3.47. The van der Waals surface area contributed by atoms with Crippen molar-refractivity contribution < 1.29 is 26.3 Å². The molecule has 0 atom stereocenters. The zero-order valence-electron chi connectivity index (χ0n) is 20.9. The van der Waals surface area contributed by atoms with E-state index in [9.17, 15) is 26.3 Å². The number of aromatic nitrogens is 3. The van der Waals surface area contributed by atoms with Crippen molar-refractivity contribution in [1.29, 1.82) is 0 Å². The summed E-state index contributed by atoms with van der Waals surface area (Å²) in [5.74, 6) is 0.823. The molecule has 0 amide bonds. The third kappa shape index (κ3) is 6.50. The Morgan fingerprint density at radius 1 is 0.974 bits per heavy atom. The Kier molecular flexibility index (Phi) is 8.05. The monoisotopic (exact) mass is 535 g/mol. The molecule has 3 aromatic rings. The van der Waals surface area contributed by atoms with Crippen LogP contribution in [-0.2, 0) is 12.7 Å². The van der Waals surface area contributed by atoms with Crippen LogP contribution in [0.15, 0.2) is 60.0 Å². The molecule has 5 nitrogen and oxygen atoms in total. The molecule has 38 heavy (non-hydrogen) atoms. The van der Waals surface area contributed by atoms with E-state index in [1.165, 1.54) is 30.5 Å². The molecule has 0 spiro atoms. The highest BCUT2D eigenvalue weighted by Gasteiger charge is 2.35. The zero-order valence-corrected chi connectivity index (χ0v) is 20.9. The fourth-order valence-corrected chi connectivity index (χ4v) is 4.23. The zero-order chi connectivity index (χ0) is 27.5. The molecule has 11 heteroatoms.